The smallest absolute Gasteiger partial charge is 0.317 e. The number of anilines is 1. The van der Waals surface area contributed by atoms with Gasteiger partial charge in [0.2, 0.25) is 0 Å². The van der Waals surface area contributed by atoms with Gasteiger partial charge in [-0.1, -0.05) is 19.3 Å². The SMILES string of the molecule is Cc1nc(C)c(C)c(N2CCCN(C(=O)NC3CCCCC3)CC2)n1. The van der Waals surface area contributed by atoms with E-state index in [1.54, 1.807) is 0 Å². The van der Waals surface area contributed by atoms with Crippen molar-refractivity contribution in [1.82, 2.24) is 20.2 Å². The van der Waals surface area contributed by atoms with Crippen LogP contribution in [-0.2, 0) is 0 Å². The van der Waals surface area contributed by atoms with E-state index in [1.165, 1.54) is 19.3 Å². The van der Waals surface area contributed by atoms with Crippen molar-refractivity contribution < 1.29 is 4.79 Å². The summed E-state index contributed by atoms with van der Waals surface area (Å²) in [5, 5.41) is 3.24. The van der Waals surface area contributed by atoms with Gasteiger partial charge in [-0.15, -0.1) is 0 Å². The Bertz CT molecular complexity index is 612. The van der Waals surface area contributed by atoms with E-state index in [1.807, 2.05) is 18.7 Å². The molecule has 0 unspecified atom stereocenters. The van der Waals surface area contributed by atoms with Crippen LogP contribution in [0, 0.1) is 20.8 Å². The molecule has 1 aliphatic heterocycles. The third kappa shape index (κ3) is 4.41. The summed E-state index contributed by atoms with van der Waals surface area (Å²) in [5.74, 6) is 1.84. The molecule has 3 rings (SSSR count). The van der Waals surface area contributed by atoms with Crippen LogP contribution in [0.15, 0.2) is 0 Å². The zero-order valence-corrected chi connectivity index (χ0v) is 15.8. The Hall–Kier alpha value is -1.85. The number of hydrogen-bond acceptors (Lipinski definition) is 4. The molecule has 1 aromatic rings. The fraction of sp³-hybridized carbons (Fsp3) is 0.737. The average Bonchev–Trinajstić information content (AvgIpc) is 2.85. The molecule has 1 saturated carbocycles. The maximum Gasteiger partial charge on any atom is 0.317 e. The molecule has 6 nitrogen and oxygen atoms in total. The first kappa shape index (κ1) is 18.0. The Kier molecular flexibility index (Phi) is 5.76. The van der Waals surface area contributed by atoms with Crippen LogP contribution in [0.2, 0.25) is 0 Å². The summed E-state index contributed by atoms with van der Waals surface area (Å²) in [5.41, 5.74) is 2.18. The third-order valence-corrected chi connectivity index (χ3v) is 5.49. The maximum absolute atomic E-state index is 12.6. The van der Waals surface area contributed by atoms with Crippen molar-refractivity contribution in [3.63, 3.8) is 0 Å². The summed E-state index contributed by atoms with van der Waals surface area (Å²) in [7, 11) is 0. The van der Waals surface area contributed by atoms with Crippen LogP contribution in [-0.4, -0.2) is 53.1 Å². The van der Waals surface area contributed by atoms with E-state index in [2.05, 4.69) is 27.1 Å². The molecule has 0 bridgehead atoms. The molecule has 2 fully saturated rings. The molecular weight excluding hydrogens is 314 g/mol. The summed E-state index contributed by atoms with van der Waals surface area (Å²) in [4.78, 5) is 26.0. The fourth-order valence-corrected chi connectivity index (χ4v) is 3.90. The number of carbonyl (C=O) groups excluding carboxylic acids is 1. The van der Waals surface area contributed by atoms with E-state index in [0.717, 1.165) is 68.3 Å². The van der Waals surface area contributed by atoms with Gasteiger partial charge in [-0.2, -0.15) is 0 Å². The molecule has 1 N–H and O–H groups in total. The maximum atomic E-state index is 12.6. The van der Waals surface area contributed by atoms with Gasteiger partial charge in [-0.25, -0.2) is 14.8 Å². The monoisotopic (exact) mass is 345 g/mol. The molecular formula is C19H31N5O. The first-order valence-corrected chi connectivity index (χ1v) is 9.67. The number of amides is 2. The molecule has 0 spiro atoms. The highest BCUT2D eigenvalue weighted by molar-refractivity contribution is 5.74. The van der Waals surface area contributed by atoms with E-state index < -0.39 is 0 Å². The molecule has 0 atom stereocenters. The summed E-state index contributed by atoms with van der Waals surface area (Å²) in [6.07, 6.45) is 7.02. The number of aryl methyl sites for hydroxylation is 2. The lowest BCUT2D eigenvalue weighted by Gasteiger charge is -2.28. The largest absolute Gasteiger partial charge is 0.354 e. The fourth-order valence-electron chi connectivity index (χ4n) is 3.90. The second-order valence-electron chi connectivity index (χ2n) is 7.42. The van der Waals surface area contributed by atoms with Gasteiger partial charge in [0.05, 0.1) is 0 Å². The first-order chi connectivity index (χ1) is 12.0. The molecule has 25 heavy (non-hydrogen) atoms. The second-order valence-corrected chi connectivity index (χ2v) is 7.42. The van der Waals surface area contributed by atoms with Gasteiger partial charge >= 0.3 is 6.03 Å². The molecule has 1 saturated heterocycles. The van der Waals surface area contributed by atoms with Crippen LogP contribution in [0.4, 0.5) is 10.6 Å². The van der Waals surface area contributed by atoms with Gasteiger partial charge in [0.15, 0.2) is 0 Å². The van der Waals surface area contributed by atoms with E-state index >= 15 is 0 Å². The zero-order chi connectivity index (χ0) is 17.8. The number of rotatable bonds is 2. The molecule has 2 heterocycles. The van der Waals surface area contributed by atoms with Crippen molar-refractivity contribution in [1.29, 1.82) is 0 Å². The highest BCUT2D eigenvalue weighted by Crippen LogP contribution is 2.21. The van der Waals surface area contributed by atoms with E-state index in [9.17, 15) is 4.79 Å². The Morgan fingerprint density at radius 1 is 0.960 bits per heavy atom. The Morgan fingerprint density at radius 2 is 1.72 bits per heavy atom. The van der Waals surface area contributed by atoms with Gasteiger partial charge in [-0.3, -0.25) is 0 Å². The van der Waals surface area contributed by atoms with Gasteiger partial charge in [0.1, 0.15) is 11.6 Å². The van der Waals surface area contributed by atoms with Crippen molar-refractivity contribution >= 4 is 11.8 Å². The van der Waals surface area contributed by atoms with E-state index in [-0.39, 0.29) is 6.03 Å². The van der Waals surface area contributed by atoms with E-state index in [0.29, 0.717) is 6.04 Å². The number of hydrogen-bond donors (Lipinski definition) is 1. The minimum Gasteiger partial charge on any atom is -0.354 e. The highest BCUT2D eigenvalue weighted by atomic mass is 16.2. The predicted molar refractivity (Wildman–Crippen MR) is 100 cm³/mol. The third-order valence-electron chi connectivity index (χ3n) is 5.49. The summed E-state index contributed by atoms with van der Waals surface area (Å²) in [6.45, 7) is 9.39. The van der Waals surface area contributed by atoms with Crippen molar-refractivity contribution in [3.05, 3.63) is 17.1 Å². The Balaban J connectivity index is 1.61. The topological polar surface area (TPSA) is 61.4 Å². The highest BCUT2D eigenvalue weighted by Gasteiger charge is 2.24. The van der Waals surface area contributed by atoms with Gasteiger partial charge in [0, 0.05) is 43.5 Å². The second kappa shape index (κ2) is 8.02. The van der Waals surface area contributed by atoms with Crippen molar-refractivity contribution in [2.75, 3.05) is 31.1 Å². The average molecular weight is 345 g/mol. The number of nitrogens with zero attached hydrogens (tertiary/aromatic N) is 4. The van der Waals surface area contributed by atoms with Crippen LogP contribution in [0.25, 0.3) is 0 Å². The molecule has 138 valence electrons. The molecule has 6 heteroatoms. The molecule has 1 aromatic heterocycles. The Labute approximate surface area is 151 Å². The molecule has 1 aliphatic carbocycles. The lowest BCUT2D eigenvalue weighted by atomic mass is 9.96. The molecule has 2 aliphatic rings. The summed E-state index contributed by atoms with van der Waals surface area (Å²) >= 11 is 0. The standard InChI is InChI=1S/C19H31N5O/c1-14-15(2)20-16(3)21-18(14)23-10-7-11-24(13-12-23)19(25)22-17-8-5-4-6-9-17/h17H,4-13H2,1-3H3,(H,22,25). The number of nitrogens with one attached hydrogen (secondary N) is 1. The van der Waals surface area contributed by atoms with Crippen LogP contribution in [0.5, 0.6) is 0 Å². The lowest BCUT2D eigenvalue weighted by Crippen LogP contribution is -2.46. The Morgan fingerprint density at radius 3 is 2.48 bits per heavy atom. The zero-order valence-electron chi connectivity index (χ0n) is 15.8. The van der Waals surface area contributed by atoms with Crippen LogP contribution >= 0.6 is 0 Å². The van der Waals surface area contributed by atoms with Gasteiger partial charge in [-0.05, 0) is 40.0 Å². The molecule has 0 radical (unpaired) electrons. The van der Waals surface area contributed by atoms with Crippen molar-refractivity contribution in [2.24, 2.45) is 0 Å². The van der Waals surface area contributed by atoms with Crippen LogP contribution in [0.3, 0.4) is 0 Å². The number of carbonyl (C=O) groups is 1. The molecule has 0 aromatic carbocycles. The lowest BCUT2D eigenvalue weighted by molar-refractivity contribution is 0.193. The summed E-state index contributed by atoms with van der Waals surface area (Å²) in [6, 6.07) is 0.482. The van der Waals surface area contributed by atoms with E-state index in [4.69, 9.17) is 0 Å². The van der Waals surface area contributed by atoms with Crippen LogP contribution in [0.1, 0.15) is 55.6 Å². The van der Waals surface area contributed by atoms with Crippen molar-refractivity contribution in [2.45, 2.75) is 65.3 Å². The van der Waals surface area contributed by atoms with Gasteiger partial charge < -0.3 is 15.1 Å². The van der Waals surface area contributed by atoms with Crippen LogP contribution < -0.4 is 10.2 Å². The quantitative estimate of drug-likeness (QED) is 0.895. The first-order valence-electron chi connectivity index (χ1n) is 9.67. The number of urea groups is 1. The summed E-state index contributed by atoms with van der Waals surface area (Å²) < 4.78 is 0. The minimum atomic E-state index is 0.112. The number of aromatic nitrogens is 2. The van der Waals surface area contributed by atoms with Crippen molar-refractivity contribution in [3.8, 4) is 0 Å². The predicted octanol–water partition coefficient (Wildman–Crippen LogP) is 2.96. The minimum absolute atomic E-state index is 0.112. The van der Waals surface area contributed by atoms with Gasteiger partial charge in [0.25, 0.3) is 0 Å². The molecule has 2 amide bonds. The normalized spacial score (nSPS) is 19.6.